The smallest absolute Gasteiger partial charge is 0.409 e. The number of aryl methyl sites for hydroxylation is 1. The number of aromatic nitrogens is 6. The molecule has 0 unspecified atom stereocenters. The van der Waals surface area contributed by atoms with Crippen molar-refractivity contribution in [1.82, 2.24) is 29.5 Å². The first kappa shape index (κ1) is 30.7. The Hall–Kier alpha value is -4.25. The normalized spacial score (nSPS) is 15.5. The van der Waals surface area contributed by atoms with Gasteiger partial charge in [0, 0.05) is 5.92 Å². The van der Waals surface area contributed by atoms with E-state index in [0.29, 0.717) is 15.8 Å². The van der Waals surface area contributed by atoms with E-state index in [-0.39, 0.29) is 51.6 Å². The number of nitrogens with two attached hydrogens (primary N) is 1. The third-order valence-electron chi connectivity index (χ3n) is 6.60. The predicted octanol–water partition coefficient (Wildman–Crippen LogP) is 3.15. The molecule has 224 valence electrons. The van der Waals surface area contributed by atoms with Crippen LogP contribution in [-0.2, 0) is 10.0 Å². The molecule has 0 spiro atoms. The minimum Gasteiger partial charge on any atom is -0.480 e. The molecular formula is C25H28F3N9O4S. The van der Waals surface area contributed by atoms with Crippen molar-refractivity contribution in [2.24, 2.45) is 10.1 Å². The second kappa shape index (κ2) is 11.6. The lowest BCUT2D eigenvalue weighted by Crippen LogP contribution is -2.35. The first-order chi connectivity index (χ1) is 19.7. The minimum atomic E-state index is -4.81. The first-order valence-corrected chi connectivity index (χ1v) is 14.1. The fraction of sp³-hybridized carbons (Fsp3) is 0.400. The Kier molecular flexibility index (Phi) is 8.45. The summed E-state index contributed by atoms with van der Waals surface area (Å²) in [7, 11) is -2.55. The number of nitrogens with zero attached hydrogens (tertiary/aromatic N) is 7. The Morgan fingerprint density at radius 3 is 2.55 bits per heavy atom. The largest absolute Gasteiger partial charge is 0.480 e. The van der Waals surface area contributed by atoms with Crippen molar-refractivity contribution in [3.8, 4) is 17.3 Å². The highest BCUT2D eigenvalue weighted by Crippen LogP contribution is 2.45. The maximum Gasteiger partial charge on any atom is 0.409 e. The second-order valence-corrected chi connectivity index (χ2v) is 11.3. The summed E-state index contributed by atoms with van der Waals surface area (Å²) in [4.78, 5) is 38.7. The van der Waals surface area contributed by atoms with Crippen molar-refractivity contribution in [2.45, 2.75) is 51.7 Å². The van der Waals surface area contributed by atoms with Crippen LogP contribution in [0.25, 0.3) is 22.6 Å². The number of primary sulfonamides is 1. The predicted molar refractivity (Wildman–Crippen MR) is 150 cm³/mol. The molecule has 4 rings (SSSR count). The van der Waals surface area contributed by atoms with Crippen molar-refractivity contribution in [1.29, 1.82) is 0 Å². The van der Waals surface area contributed by atoms with Crippen LogP contribution >= 0.6 is 0 Å². The van der Waals surface area contributed by atoms with Gasteiger partial charge < -0.3 is 10.1 Å². The average Bonchev–Trinajstić information content (AvgIpc) is 3.77. The molecule has 1 fully saturated rings. The Morgan fingerprint density at radius 2 is 1.98 bits per heavy atom. The number of methoxy groups -OCH3 is 1. The molecule has 1 aliphatic rings. The van der Waals surface area contributed by atoms with Crippen LogP contribution in [0.3, 0.4) is 0 Å². The van der Waals surface area contributed by atoms with Crippen LogP contribution in [-0.4, -0.2) is 64.5 Å². The second-order valence-electron chi connectivity index (χ2n) is 9.57. The number of anilines is 1. The number of sulfonamides is 1. The van der Waals surface area contributed by atoms with Crippen LogP contribution in [0.4, 0.5) is 19.0 Å². The molecule has 3 heterocycles. The van der Waals surface area contributed by atoms with Crippen LogP contribution < -0.4 is 20.8 Å². The fourth-order valence-corrected chi connectivity index (χ4v) is 4.27. The molecule has 1 saturated carbocycles. The molecule has 0 aromatic carbocycles. The Labute approximate surface area is 238 Å². The zero-order valence-electron chi connectivity index (χ0n) is 23.1. The number of fused-ring (bicyclic) bond motifs is 1. The Morgan fingerprint density at radius 1 is 1.29 bits per heavy atom. The van der Waals surface area contributed by atoms with Gasteiger partial charge in [-0.25, -0.2) is 38.5 Å². The van der Waals surface area contributed by atoms with Crippen molar-refractivity contribution in [3.05, 3.63) is 50.8 Å². The van der Waals surface area contributed by atoms with Gasteiger partial charge in [-0.05, 0) is 52.5 Å². The van der Waals surface area contributed by atoms with E-state index >= 15 is 0 Å². The van der Waals surface area contributed by atoms with Crippen LogP contribution in [0.5, 0.6) is 5.88 Å². The zero-order valence-corrected chi connectivity index (χ0v) is 23.9. The number of allylic oxidation sites excluding steroid dienone is 3. The molecule has 0 amide bonds. The van der Waals surface area contributed by atoms with E-state index in [2.05, 4.69) is 41.9 Å². The molecule has 1 atom stereocenters. The molecule has 0 saturated heterocycles. The van der Waals surface area contributed by atoms with Gasteiger partial charge in [0.2, 0.25) is 15.9 Å². The Balaban J connectivity index is 1.89. The molecule has 0 aliphatic heterocycles. The summed E-state index contributed by atoms with van der Waals surface area (Å²) < 4.78 is 71.0. The van der Waals surface area contributed by atoms with Crippen molar-refractivity contribution in [2.75, 3.05) is 19.0 Å². The molecule has 17 heteroatoms. The maximum atomic E-state index is 14.1. The number of aliphatic imine (C=N–C) groups is 1. The Bertz CT molecular complexity index is 1780. The van der Waals surface area contributed by atoms with Gasteiger partial charge >= 0.3 is 6.18 Å². The SMILES string of the molecule is C=N/C(=C\C=C(/C)S(N)(=O)=O)CNc1nc2c(C)nc(-c3c(OC)ncnc3C3CC3)nc2n([C@@H](C)C(F)(F)F)c1=O. The molecule has 0 radical (unpaired) electrons. The van der Waals surface area contributed by atoms with E-state index in [1.807, 2.05) is 0 Å². The number of alkyl halides is 3. The number of hydrogen-bond donors (Lipinski definition) is 2. The fourth-order valence-electron chi connectivity index (χ4n) is 4.02. The van der Waals surface area contributed by atoms with Crippen LogP contribution in [0.1, 0.15) is 50.0 Å². The van der Waals surface area contributed by atoms with Crippen LogP contribution in [0.2, 0.25) is 0 Å². The zero-order chi connectivity index (χ0) is 31.0. The van der Waals surface area contributed by atoms with Gasteiger partial charge in [-0.1, -0.05) is 0 Å². The van der Waals surface area contributed by atoms with E-state index in [1.165, 1.54) is 39.4 Å². The monoisotopic (exact) mass is 607 g/mol. The van der Waals surface area contributed by atoms with Gasteiger partial charge in [-0.2, -0.15) is 13.2 Å². The van der Waals surface area contributed by atoms with E-state index in [0.717, 1.165) is 19.8 Å². The molecule has 1 aliphatic carbocycles. The van der Waals surface area contributed by atoms with Gasteiger partial charge in [0.15, 0.2) is 17.3 Å². The number of ether oxygens (including phenoxy) is 1. The van der Waals surface area contributed by atoms with Crippen molar-refractivity contribution < 1.29 is 26.3 Å². The number of hydrogen-bond acceptors (Lipinski definition) is 11. The lowest BCUT2D eigenvalue weighted by Gasteiger charge is -2.22. The summed E-state index contributed by atoms with van der Waals surface area (Å²) in [5, 5.41) is 7.74. The lowest BCUT2D eigenvalue weighted by atomic mass is 10.1. The van der Waals surface area contributed by atoms with E-state index in [9.17, 15) is 26.4 Å². The quantitative estimate of drug-likeness (QED) is 0.257. The molecule has 42 heavy (non-hydrogen) atoms. The van der Waals surface area contributed by atoms with E-state index in [4.69, 9.17) is 9.88 Å². The summed E-state index contributed by atoms with van der Waals surface area (Å²) in [5.74, 6) is -0.180. The number of rotatable bonds is 10. The molecular weight excluding hydrogens is 579 g/mol. The first-order valence-electron chi connectivity index (χ1n) is 12.5. The summed E-state index contributed by atoms with van der Waals surface area (Å²) in [6.45, 7) is 6.80. The highest BCUT2D eigenvalue weighted by molar-refractivity contribution is 7.93. The number of nitrogens with one attached hydrogen (secondary N) is 1. The summed E-state index contributed by atoms with van der Waals surface area (Å²) in [6.07, 6.45) is 0.697. The van der Waals surface area contributed by atoms with Crippen molar-refractivity contribution in [3.63, 3.8) is 0 Å². The van der Waals surface area contributed by atoms with E-state index in [1.54, 1.807) is 0 Å². The summed E-state index contributed by atoms with van der Waals surface area (Å²) in [5.41, 5.74) is -0.206. The molecule has 0 bridgehead atoms. The molecule has 3 aromatic rings. The average molecular weight is 608 g/mol. The lowest BCUT2D eigenvalue weighted by molar-refractivity contribution is -0.162. The van der Waals surface area contributed by atoms with Gasteiger partial charge in [0.1, 0.15) is 23.4 Å². The van der Waals surface area contributed by atoms with Gasteiger partial charge in [-0.15, -0.1) is 0 Å². The van der Waals surface area contributed by atoms with Crippen LogP contribution in [0, 0.1) is 6.92 Å². The van der Waals surface area contributed by atoms with Crippen molar-refractivity contribution >= 4 is 33.7 Å². The third-order valence-corrected chi connectivity index (χ3v) is 7.63. The summed E-state index contributed by atoms with van der Waals surface area (Å²) in [6, 6.07) is -2.29. The topological polar surface area (TPSA) is 180 Å². The van der Waals surface area contributed by atoms with E-state index < -0.39 is 33.6 Å². The minimum absolute atomic E-state index is 0.00229. The highest BCUT2D eigenvalue weighted by Gasteiger charge is 2.40. The van der Waals surface area contributed by atoms with Gasteiger partial charge in [0.05, 0.1) is 35.6 Å². The van der Waals surface area contributed by atoms with Gasteiger partial charge in [-0.3, -0.25) is 14.4 Å². The molecule has 3 aromatic heterocycles. The summed E-state index contributed by atoms with van der Waals surface area (Å²) >= 11 is 0. The van der Waals surface area contributed by atoms with Crippen LogP contribution in [0.15, 0.2) is 38.9 Å². The third kappa shape index (κ3) is 6.30. The van der Waals surface area contributed by atoms with Gasteiger partial charge in [0.25, 0.3) is 5.56 Å². The standard InChI is InChI=1S/C25H28F3N9O4S/c1-12(42(29,39)40)6-9-16(30-4)10-31-21-24(38)37(14(3)25(26,27)28)22-18(35-21)13(2)34-20(36-22)17-19(15-7-8-15)32-11-33-23(17)41-5/h6,9,11,14-15H,4,7-8,10H2,1-3,5H3,(H,31,35)(H2,29,39,40)/b12-6+,16-9-/t14-/m0/s1. The number of halogens is 3. The maximum absolute atomic E-state index is 14.1. The molecule has 13 nitrogen and oxygen atoms in total. The highest BCUT2D eigenvalue weighted by atomic mass is 32.2. The molecule has 3 N–H and O–H groups in total.